The molecule has 0 fully saturated rings. The van der Waals surface area contributed by atoms with Crippen LogP contribution in [0.3, 0.4) is 0 Å². The van der Waals surface area contributed by atoms with Crippen molar-refractivity contribution in [1.82, 2.24) is 8.69 Å². The monoisotopic (exact) mass is 468 g/mol. The first-order valence-corrected chi connectivity index (χ1v) is 13.1. The molecule has 0 bridgehead atoms. The SMILES string of the molecule is Cc1ccc(S(=O)(=O)NCCc2cn(S(=O)(=O)c3ccc(C)cc3)c3ccccc23)cc1. The molecule has 166 valence electrons. The molecule has 0 amide bonds. The lowest BCUT2D eigenvalue weighted by atomic mass is 10.1. The molecule has 0 aliphatic carbocycles. The Morgan fingerprint density at radius 1 is 0.750 bits per heavy atom. The first-order chi connectivity index (χ1) is 15.2. The van der Waals surface area contributed by atoms with E-state index in [4.69, 9.17) is 0 Å². The van der Waals surface area contributed by atoms with Gasteiger partial charge in [-0.25, -0.2) is 25.5 Å². The van der Waals surface area contributed by atoms with Crippen molar-refractivity contribution in [2.45, 2.75) is 30.1 Å². The fourth-order valence-electron chi connectivity index (χ4n) is 3.56. The van der Waals surface area contributed by atoms with Gasteiger partial charge in [0.05, 0.1) is 15.3 Å². The smallest absolute Gasteiger partial charge is 0.241 e. The fraction of sp³-hybridized carbons (Fsp3) is 0.167. The lowest BCUT2D eigenvalue weighted by Crippen LogP contribution is -2.26. The molecule has 0 saturated carbocycles. The van der Waals surface area contributed by atoms with Crippen molar-refractivity contribution in [2.24, 2.45) is 0 Å². The maximum Gasteiger partial charge on any atom is 0.268 e. The van der Waals surface area contributed by atoms with Crippen molar-refractivity contribution in [2.75, 3.05) is 6.54 Å². The summed E-state index contributed by atoms with van der Waals surface area (Å²) < 4.78 is 55.5. The third kappa shape index (κ3) is 4.34. The van der Waals surface area contributed by atoms with Crippen molar-refractivity contribution in [3.8, 4) is 0 Å². The Balaban J connectivity index is 1.62. The number of fused-ring (bicyclic) bond motifs is 1. The number of sulfonamides is 1. The Kier molecular flexibility index (Phi) is 5.94. The second-order valence-corrected chi connectivity index (χ2v) is 11.3. The number of nitrogens with one attached hydrogen (secondary N) is 1. The van der Waals surface area contributed by atoms with Crippen LogP contribution in [0.25, 0.3) is 10.9 Å². The number of rotatable bonds is 7. The van der Waals surface area contributed by atoms with Crippen LogP contribution < -0.4 is 4.72 Å². The number of aryl methyl sites for hydroxylation is 2. The zero-order chi connectivity index (χ0) is 22.9. The number of para-hydroxylation sites is 1. The van der Waals surface area contributed by atoms with Crippen LogP contribution in [-0.4, -0.2) is 27.4 Å². The van der Waals surface area contributed by atoms with Crippen molar-refractivity contribution < 1.29 is 16.8 Å². The molecule has 0 radical (unpaired) electrons. The molecule has 0 atom stereocenters. The minimum absolute atomic E-state index is 0.148. The van der Waals surface area contributed by atoms with Gasteiger partial charge >= 0.3 is 0 Å². The van der Waals surface area contributed by atoms with E-state index in [0.29, 0.717) is 11.9 Å². The van der Waals surface area contributed by atoms with Crippen LogP contribution in [0, 0.1) is 13.8 Å². The van der Waals surface area contributed by atoms with Gasteiger partial charge < -0.3 is 0 Å². The maximum atomic E-state index is 13.3. The first-order valence-electron chi connectivity index (χ1n) is 10.2. The number of aromatic nitrogens is 1. The van der Waals surface area contributed by atoms with Crippen LogP contribution in [0.1, 0.15) is 16.7 Å². The second kappa shape index (κ2) is 8.54. The quantitative estimate of drug-likeness (QED) is 0.444. The van der Waals surface area contributed by atoms with E-state index in [9.17, 15) is 16.8 Å². The van der Waals surface area contributed by atoms with Crippen LogP contribution in [0.2, 0.25) is 0 Å². The van der Waals surface area contributed by atoms with Crippen molar-refractivity contribution in [1.29, 1.82) is 0 Å². The van der Waals surface area contributed by atoms with E-state index in [0.717, 1.165) is 22.1 Å². The van der Waals surface area contributed by atoms with Gasteiger partial charge in [0.1, 0.15) is 0 Å². The Morgan fingerprint density at radius 2 is 1.31 bits per heavy atom. The van der Waals surface area contributed by atoms with Gasteiger partial charge in [-0.2, -0.15) is 0 Å². The summed E-state index contributed by atoms with van der Waals surface area (Å²) in [7, 11) is -7.43. The topological polar surface area (TPSA) is 85.2 Å². The summed E-state index contributed by atoms with van der Waals surface area (Å²) in [6, 6.07) is 20.6. The van der Waals surface area contributed by atoms with Crippen LogP contribution in [-0.2, 0) is 26.5 Å². The van der Waals surface area contributed by atoms with Crippen molar-refractivity contribution >= 4 is 30.9 Å². The Morgan fingerprint density at radius 3 is 1.94 bits per heavy atom. The lowest BCUT2D eigenvalue weighted by Gasteiger charge is -2.08. The zero-order valence-corrected chi connectivity index (χ0v) is 19.4. The molecule has 1 N–H and O–H groups in total. The molecule has 4 rings (SSSR count). The maximum absolute atomic E-state index is 13.3. The molecule has 1 aromatic heterocycles. The van der Waals surface area contributed by atoms with Crippen molar-refractivity contribution in [3.63, 3.8) is 0 Å². The van der Waals surface area contributed by atoms with E-state index >= 15 is 0 Å². The standard InChI is InChI=1S/C24H24N2O4S2/c1-18-7-11-21(12-8-18)31(27,28)25-16-15-20-17-26(24-6-4-3-5-23(20)24)32(29,30)22-13-9-19(2)10-14-22/h3-14,17,25H,15-16H2,1-2H3. The number of hydrogen-bond acceptors (Lipinski definition) is 4. The minimum atomic E-state index is -3.78. The lowest BCUT2D eigenvalue weighted by molar-refractivity contribution is 0.580. The molecular formula is C24H24N2O4S2. The number of nitrogens with zero attached hydrogens (tertiary/aromatic N) is 1. The Labute approximate surface area is 188 Å². The van der Waals surface area contributed by atoms with Crippen LogP contribution in [0.15, 0.2) is 88.8 Å². The van der Waals surface area contributed by atoms with Gasteiger partial charge in [-0.3, -0.25) is 0 Å². The molecule has 0 aliphatic rings. The fourth-order valence-corrected chi connectivity index (χ4v) is 5.98. The average Bonchev–Trinajstić information content (AvgIpc) is 3.14. The van der Waals surface area contributed by atoms with Crippen LogP contribution in [0.4, 0.5) is 0 Å². The molecule has 4 aromatic rings. The summed E-state index contributed by atoms with van der Waals surface area (Å²) in [5.74, 6) is 0. The van der Waals surface area contributed by atoms with Gasteiger partial charge in [-0.1, -0.05) is 53.6 Å². The van der Waals surface area contributed by atoms with E-state index in [1.54, 1.807) is 66.9 Å². The number of hydrogen-bond donors (Lipinski definition) is 1. The van der Waals surface area contributed by atoms with E-state index in [-0.39, 0.29) is 16.3 Å². The van der Waals surface area contributed by atoms with E-state index in [1.165, 1.54) is 3.97 Å². The summed E-state index contributed by atoms with van der Waals surface area (Å²) in [6.45, 7) is 3.94. The van der Waals surface area contributed by atoms with Gasteiger partial charge in [0.2, 0.25) is 10.0 Å². The van der Waals surface area contributed by atoms with Gasteiger partial charge in [-0.15, -0.1) is 0 Å². The first kappa shape index (κ1) is 22.3. The highest BCUT2D eigenvalue weighted by Gasteiger charge is 2.21. The summed E-state index contributed by atoms with van der Waals surface area (Å²) in [5.41, 5.74) is 3.27. The third-order valence-electron chi connectivity index (χ3n) is 5.36. The molecule has 0 spiro atoms. The molecule has 0 unspecified atom stereocenters. The summed E-state index contributed by atoms with van der Waals surface area (Å²) >= 11 is 0. The minimum Gasteiger partial charge on any atom is -0.241 e. The van der Waals surface area contributed by atoms with Gasteiger partial charge in [-0.05, 0) is 56.2 Å². The highest BCUT2D eigenvalue weighted by molar-refractivity contribution is 7.90. The predicted octanol–water partition coefficient (Wildman–Crippen LogP) is 4.02. The largest absolute Gasteiger partial charge is 0.268 e. The van der Waals surface area contributed by atoms with E-state index < -0.39 is 20.0 Å². The van der Waals surface area contributed by atoms with E-state index in [2.05, 4.69) is 4.72 Å². The summed E-state index contributed by atoms with van der Waals surface area (Å²) in [5, 5.41) is 0.776. The molecule has 3 aromatic carbocycles. The predicted molar refractivity (Wildman–Crippen MR) is 126 cm³/mol. The van der Waals surface area contributed by atoms with Gasteiger partial charge in [0.15, 0.2) is 0 Å². The highest BCUT2D eigenvalue weighted by Crippen LogP contribution is 2.26. The average molecular weight is 469 g/mol. The third-order valence-corrected chi connectivity index (χ3v) is 8.52. The second-order valence-electron chi connectivity index (χ2n) is 7.75. The molecule has 32 heavy (non-hydrogen) atoms. The highest BCUT2D eigenvalue weighted by atomic mass is 32.2. The van der Waals surface area contributed by atoms with Crippen molar-refractivity contribution in [3.05, 3.63) is 95.7 Å². The van der Waals surface area contributed by atoms with Gasteiger partial charge in [0.25, 0.3) is 10.0 Å². The summed E-state index contributed by atoms with van der Waals surface area (Å²) in [6.07, 6.45) is 1.93. The molecule has 6 nitrogen and oxygen atoms in total. The van der Waals surface area contributed by atoms with Crippen LogP contribution >= 0.6 is 0 Å². The molecule has 8 heteroatoms. The number of benzene rings is 3. The normalized spacial score (nSPS) is 12.3. The summed E-state index contributed by atoms with van der Waals surface area (Å²) in [4.78, 5) is 0.406. The molecular weight excluding hydrogens is 444 g/mol. The molecule has 1 heterocycles. The van der Waals surface area contributed by atoms with E-state index in [1.807, 2.05) is 26.0 Å². The van der Waals surface area contributed by atoms with Crippen LogP contribution in [0.5, 0.6) is 0 Å². The zero-order valence-electron chi connectivity index (χ0n) is 17.8. The molecule has 0 saturated heterocycles. The van der Waals surface area contributed by atoms with Gasteiger partial charge in [0, 0.05) is 18.1 Å². The Bertz CT molecular complexity index is 1470. The molecule has 0 aliphatic heterocycles. The Hall–Kier alpha value is -2.94.